The van der Waals surface area contributed by atoms with E-state index in [0.717, 1.165) is 23.2 Å². The zero-order chi connectivity index (χ0) is 23.7. The molecule has 0 radical (unpaired) electrons. The van der Waals surface area contributed by atoms with E-state index in [2.05, 4.69) is 40.9 Å². The first-order chi connectivity index (χ1) is 16.6. The van der Waals surface area contributed by atoms with Crippen LogP contribution in [-0.4, -0.2) is 66.3 Å². The van der Waals surface area contributed by atoms with Gasteiger partial charge in [-0.25, -0.2) is 0 Å². The number of nitriles is 1. The van der Waals surface area contributed by atoms with Crippen molar-refractivity contribution in [1.29, 1.82) is 5.26 Å². The van der Waals surface area contributed by atoms with Gasteiger partial charge in [0.25, 0.3) is 5.91 Å². The molecule has 0 spiro atoms. The molecule has 3 aliphatic heterocycles. The Kier molecular flexibility index (Phi) is 6.11. The Morgan fingerprint density at radius 1 is 1.32 bits per heavy atom. The number of hydrogen-bond acceptors (Lipinski definition) is 9. The van der Waals surface area contributed by atoms with Crippen LogP contribution in [0.5, 0.6) is 5.75 Å². The van der Waals surface area contributed by atoms with E-state index in [4.69, 9.17) is 14.5 Å². The number of anilines is 4. The number of ether oxygens (including phenoxy) is 2. The normalized spacial score (nSPS) is 19.3. The molecule has 1 fully saturated rings. The van der Waals surface area contributed by atoms with Gasteiger partial charge in [0.2, 0.25) is 5.95 Å². The molecule has 0 bridgehead atoms. The second-order valence-corrected chi connectivity index (χ2v) is 8.77. The van der Waals surface area contributed by atoms with Gasteiger partial charge in [-0.05, 0) is 25.5 Å². The van der Waals surface area contributed by atoms with Crippen LogP contribution >= 0.6 is 0 Å². The first kappa shape index (κ1) is 22.2. The molecule has 1 unspecified atom stereocenters. The first-order valence-corrected chi connectivity index (χ1v) is 11.8. The SMILES string of the molecule is CC[C@@H](C)Nc1nc(Nc2ccc(C(=O)N3CCOCC3)c3c2OCC3)nc2c1C(C#N)CN2. The number of aromatic nitrogens is 2. The molecule has 5 rings (SSSR count). The molecule has 10 nitrogen and oxygen atoms in total. The average molecular weight is 464 g/mol. The molecular formula is C24H29N7O3. The number of amides is 1. The summed E-state index contributed by atoms with van der Waals surface area (Å²) < 4.78 is 11.3. The van der Waals surface area contributed by atoms with Gasteiger partial charge in [-0.2, -0.15) is 15.2 Å². The van der Waals surface area contributed by atoms with E-state index >= 15 is 0 Å². The molecule has 0 aliphatic carbocycles. The predicted octanol–water partition coefficient (Wildman–Crippen LogP) is 2.87. The van der Waals surface area contributed by atoms with Crippen LogP contribution in [0.4, 0.5) is 23.3 Å². The molecule has 1 aromatic heterocycles. The van der Waals surface area contributed by atoms with Crippen LogP contribution in [0.1, 0.15) is 47.7 Å². The van der Waals surface area contributed by atoms with Gasteiger partial charge in [-0.3, -0.25) is 4.79 Å². The van der Waals surface area contributed by atoms with Crippen LogP contribution in [0.15, 0.2) is 12.1 Å². The Hall–Kier alpha value is -3.58. The number of morpholine rings is 1. The van der Waals surface area contributed by atoms with Gasteiger partial charge in [0.05, 0.1) is 43.1 Å². The van der Waals surface area contributed by atoms with Crippen LogP contribution in [0, 0.1) is 11.3 Å². The van der Waals surface area contributed by atoms with E-state index in [-0.39, 0.29) is 17.9 Å². The van der Waals surface area contributed by atoms with Crippen LogP contribution in [0.3, 0.4) is 0 Å². The zero-order valence-electron chi connectivity index (χ0n) is 19.5. The third-order valence-electron chi connectivity index (χ3n) is 6.55. The highest BCUT2D eigenvalue weighted by Crippen LogP contribution is 2.40. The summed E-state index contributed by atoms with van der Waals surface area (Å²) in [5, 5.41) is 19.5. The quantitative estimate of drug-likeness (QED) is 0.593. The third-order valence-corrected chi connectivity index (χ3v) is 6.55. The standard InChI is InChI=1S/C24H29N7O3/c1-3-14(2)27-22-19-15(12-25)13-26-21(19)29-24(30-22)28-18-5-4-17(16-6-9-34-20(16)18)23(32)31-7-10-33-11-8-31/h4-5,14-15H,3,6-11,13H2,1-2H3,(H3,26,27,28,29,30)/t14-,15?/m1/s1. The Bertz CT molecular complexity index is 1140. The summed E-state index contributed by atoms with van der Waals surface area (Å²) in [6, 6.07) is 6.23. The van der Waals surface area contributed by atoms with E-state index in [9.17, 15) is 10.1 Å². The lowest BCUT2D eigenvalue weighted by Crippen LogP contribution is -2.41. The summed E-state index contributed by atoms with van der Waals surface area (Å²) in [6.45, 7) is 7.53. The Labute approximate surface area is 198 Å². The first-order valence-electron chi connectivity index (χ1n) is 11.8. The van der Waals surface area contributed by atoms with Crippen molar-refractivity contribution in [3.8, 4) is 11.8 Å². The number of hydrogen-bond donors (Lipinski definition) is 3. The fraction of sp³-hybridized carbons (Fsp3) is 0.500. The van der Waals surface area contributed by atoms with Crippen LogP contribution in [-0.2, 0) is 11.2 Å². The number of carbonyl (C=O) groups is 1. The number of nitrogens with one attached hydrogen (secondary N) is 3. The van der Waals surface area contributed by atoms with Crippen molar-refractivity contribution < 1.29 is 14.3 Å². The van der Waals surface area contributed by atoms with E-state index in [1.165, 1.54) is 0 Å². The van der Waals surface area contributed by atoms with Gasteiger partial charge >= 0.3 is 0 Å². The van der Waals surface area contributed by atoms with Gasteiger partial charge in [-0.15, -0.1) is 0 Å². The summed E-state index contributed by atoms with van der Waals surface area (Å²) in [6.07, 6.45) is 1.60. The lowest BCUT2D eigenvalue weighted by molar-refractivity contribution is 0.0302. The molecule has 178 valence electrons. The lowest BCUT2D eigenvalue weighted by atomic mass is 10.0. The molecule has 1 amide bonds. The van der Waals surface area contributed by atoms with Crippen LogP contribution < -0.4 is 20.7 Å². The minimum absolute atomic E-state index is 0.0113. The highest BCUT2D eigenvalue weighted by Gasteiger charge is 2.31. The molecular weight excluding hydrogens is 434 g/mol. The van der Waals surface area contributed by atoms with Crippen molar-refractivity contribution in [2.75, 3.05) is 55.4 Å². The maximum atomic E-state index is 13.1. The van der Waals surface area contributed by atoms with Gasteiger partial charge in [0, 0.05) is 43.2 Å². The number of rotatable bonds is 6. The number of fused-ring (bicyclic) bond motifs is 2. The molecule has 10 heteroatoms. The van der Waals surface area contributed by atoms with Crippen LogP contribution in [0.2, 0.25) is 0 Å². The maximum absolute atomic E-state index is 13.1. The van der Waals surface area contributed by atoms with E-state index in [1.54, 1.807) is 0 Å². The minimum atomic E-state index is -0.298. The summed E-state index contributed by atoms with van der Waals surface area (Å²) in [7, 11) is 0. The number of benzene rings is 1. The smallest absolute Gasteiger partial charge is 0.254 e. The van der Waals surface area contributed by atoms with Gasteiger partial charge < -0.3 is 30.3 Å². The minimum Gasteiger partial charge on any atom is -0.491 e. The molecule has 0 saturated carbocycles. The molecule has 2 atom stereocenters. The van der Waals surface area contributed by atoms with E-state index < -0.39 is 0 Å². The topological polar surface area (TPSA) is 124 Å². The van der Waals surface area contributed by atoms with Gasteiger partial charge in [-0.1, -0.05) is 6.92 Å². The largest absolute Gasteiger partial charge is 0.491 e. The summed E-state index contributed by atoms with van der Waals surface area (Å²) in [4.78, 5) is 24.3. The second kappa shape index (κ2) is 9.35. The molecule has 1 aromatic carbocycles. The fourth-order valence-electron chi connectivity index (χ4n) is 4.50. The van der Waals surface area contributed by atoms with Gasteiger partial charge in [0.15, 0.2) is 0 Å². The monoisotopic (exact) mass is 463 g/mol. The number of carbonyl (C=O) groups excluding carboxylic acids is 1. The fourth-order valence-corrected chi connectivity index (χ4v) is 4.50. The average Bonchev–Trinajstić information content (AvgIpc) is 3.52. The highest BCUT2D eigenvalue weighted by atomic mass is 16.5. The van der Waals surface area contributed by atoms with Crippen molar-refractivity contribution in [2.24, 2.45) is 0 Å². The third kappa shape index (κ3) is 4.07. The Morgan fingerprint density at radius 2 is 2.15 bits per heavy atom. The van der Waals surface area contributed by atoms with Crippen molar-refractivity contribution in [3.63, 3.8) is 0 Å². The zero-order valence-corrected chi connectivity index (χ0v) is 19.5. The molecule has 34 heavy (non-hydrogen) atoms. The molecule has 4 heterocycles. The predicted molar refractivity (Wildman–Crippen MR) is 128 cm³/mol. The van der Waals surface area contributed by atoms with Crippen molar-refractivity contribution in [1.82, 2.24) is 14.9 Å². The maximum Gasteiger partial charge on any atom is 0.254 e. The molecule has 3 aliphatic rings. The lowest BCUT2D eigenvalue weighted by Gasteiger charge is -2.27. The van der Waals surface area contributed by atoms with E-state index in [0.29, 0.717) is 74.8 Å². The molecule has 2 aromatic rings. The molecule has 3 N–H and O–H groups in total. The van der Waals surface area contributed by atoms with Crippen molar-refractivity contribution in [2.45, 2.75) is 38.6 Å². The van der Waals surface area contributed by atoms with Crippen molar-refractivity contribution >= 4 is 29.2 Å². The van der Waals surface area contributed by atoms with Gasteiger partial charge in [0.1, 0.15) is 17.4 Å². The number of nitrogens with zero attached hydrogens (tertiary/aromatic N) is 4. The second-order valence-electron chi connectivity index (χ2n) is 8.77. The van der Waals surface area contributed by atoms with Crippen LogP contribution in [0.25, 0.3) is 0 Å². The summed E-state index contributed by atoms with van der Waals surface area (Å²) in [5.41, 5.74) is 3.10. The Morgan fingerprint density at radius 3 is 2.91 bits per heavy atom. The Balaban J connectivity index is 1.46. The highest BCUT2D eigenvalue weighted by molar-refractivity contribution is 5.97. The van der Waals surface area contributed by atoms with Crippen molar-refractivity contribution in [3.05, 3.63) is 28.8 Å². The van der Waals surface area contributed by atoms with E-state index in [1.807, 2.05) is 17.0 Å². The summed E-state index contributed by atoms with van der Waals surface area (Å²) >= 11 is 0. The summed E-state index contributed by atoms with van der Waals surface area (Å²) in [5.74, 6) is 2.11. The molecule has 1 saturated heterocycles.